The Hall–Kier alpha value is -1.18. The standard InChI is InChI=1S/C9H6ClNO2S/c10-7-1-6(4-11)5(2-8(7)14)3-9(12)13/h1-2,14H,3H2,(H,12,13). The van der Waals surface area contributed by atoms with Crippen LogP contribution in [0.5, 0.6) is 0 Å². The van der Waals surface area contributed by atoms with Gasteiger partial charge in [-0.2, -0.15) is 5.26 Å². The van der Waals surface area contributed by atoms with E-state index in [4.69, 9.17) is 22.0 Å². The summed E-state index contributed by atoms with van der Waals surface area (Å²) in [5, 5.41) is 17.6. The molecule has 0 saturated heterocycles. The molecule has 72 valence electrons. The van der Waals surface area contributed by atoms with Crippen LogP contribution in [0.15, 0.2) is 17.0 Å². The van der Waals surface area contributed by atoms with E-state index in [0.29, 0.717) is 15.5 Å². The summed E-state index contributed by atoms with van der Waals surface area (Å²) >= 11 is 9.77. The maximum atomic E-state index is 10.5. The third kappa shape index (κ3) is 2.41. The zero-order valence-corrected chi connectivity index (χ0v) is 8.64. The van der Waals surface area contributed by atoms with Crippen LogP contribution >= 0.6 is 24.2 Å². The molecule has 0 saturated carbocycles. The van der Waals surface area contributed by atoms with Gasteiger partial charge in [0.15, 0.2) is 0 Å². The van der Waals surface area contributed by atoms with E-state index in [1.165, 1.54) is 12.1 Å². The molecule has 14 heavy (non-hydrogen) atoms. The second-order valence-electron chi connectivity index (χ2n) is 2.64. The molecule has 0 unspecified atom stereocenters. The van der Waals surface area contributed by atoms with Crippen molar-refractivity contribution in [3.63, 3.8) is 0 Å². The lowest BCUT2D eigenvalue weighted by atomic mass is 10.1. The van der Waals surface area contributed by atoms with Crippen LogP contribution in [0.2, 0.25) is 5.02 Å². The maximum Gasteiger partial charge on any atom is 0.307 e. The van der Waals surface area contributed by atoms with Gasteiger partial charge in [0.2, 0.25) is 0 Å². The summed E-state index contributed by atoms with van der Waals surface area (Å²) in [6.07, 6.45) is -0.201. The molecule has 1 rings (SSSR count). The Labute approximate surface area is 91.3 Å². The molecular weight excluding hydrogens is 222 g/mol. The molecule has 1 aromatic rings. The van der Waals surface area contributed by atoms with E-state index in [1.54, 1.807) is 0 Å². The Morgan fingerprint density at radius 1 is 1.64 bits per heavy atom. The van der Waals surface area contributed by atoms with Crippen molar-refractivity contribution < 1.29 is 9.90 Å². The molecule has 0 heterocycles. The Bertz CT molecular complexity index is 426. The Morgan fingerprint density at radius 3 is 2.79 bits per heavy atom. The molecule has 0 spiro atoms. The third-order valence-electron chi connectivity index (χ3n) is 1.63. The fourth-order valence-electron chi connectivity index (χ4n) is 1.02. The first-order chi connectivity index (χ1) is 6.54. The molecule has 0 amide bonds. The summed E-state index contributed by atoms with van der Waals surface area (Å²) < 4.78 is 0. The number of hydrogen-bond acceptors (Lipinski definition) is 3. The zero-order chi connectivity index (χ0) is 10.7. The number of nitrogens with zero attached hydrogens (tertiary/aromatic N) is 1. The van der Waals surface area contributed by atoms with Gasteiger partial charge in [0.25, 0.3) is 0 Å². The van der Waals surface area contributed by atoms with E-state index >= 15 is 0 Å². The minimum Gasteiger partial charge on any atom is -0.481 e. The molecule has 0 aliphatic rings. The quantitative estimate of drug-likeness (QED) is 0.761. The highest BCUT2D eigenvalue weighted by molar-refractivity contribution is 7.80. The van der Waals surface area contributed by atoms with E-state index in [0.717, 1.165) is 0 Å². The molecule has 0 atom stereocenters. The van der Waals surface area contributed by atoms with Crippen LogP contribution < -0.4 is 0 Å². The number of nitriles is 1. The normalized spacial score (nSPS) is 9.50. The van der Waals surface area contributed by atoms with Gasteiger partial charge in [0.1, 0.15) is 0 Å². The van der Waals surface area contributed by atoms with E-state index in [1.807, 2.05) is 6.07 Å². The summed E-state index contributed by atoms with van der Waals surface area (Å²) in [6, 6.07) is 4.80. The predicted molar refractivity (Wildman–Crippen MR) is 54.8 cm³/mol. The molecule has 0 bridgehead atoms. The summed E-state index contributed by atoms with van der Waals surface area (Å²) in [6.45, 7) is 0. The number of thiol groups is 1. The number of rotatable bonds is 2. The molecule has 1 N–H and O–H groups in total. The van der Waals surface area contributed by atoms with Crippen molar-refractivity contribution in [1.29, 1.82) is 5.26 Å². The second-order valence-corrected chi connectivity index (χ2v) is 3.53. The highest BCUT2D eigenvalue weighted by atomic mass is 35.5. The maximum absolute atomic E-state index is 10.5. The van der Waals surface area contributed by atoms with Crippen LogP contribution in [-0.4, -0.2) is 11.1 Å². The lowest BCUT2D eigenvalue weighted by molar-refractivity contribution is -0.136. The summed E-state index contributed by atoms with van der Waals surface area (Å²) in [5.74, 6) is -0.989. The fourth-order valence-corrected chi connectivity index (χ4v) is 1.40. The lowest BCUT2D eigenvalue weighted by Crippen LogP contribution is -2.02. The molecule has 3 nitrogen and oxygen atoms in total. The molecule has 0 fully saturated rings. The number of carbonyl (C=O) groups is 1. The minimum absolute atomic E-state index is 0.201. The second kappa shape index (κ2) is 4.36. The fraction of sp³-hybridized carbons (Fsp3) is 0.111. The molecule has 0 aromatic heterocycles. The van der Waals surface area contributed by atoms with Gasteiger partial charge in [-0.3, -0.25) is 4.79 Å². The van der Waals surface area contributed by atoms with Crippen LogP contribution in [0.25, 0.3) is 0 Å². The highest BCUT2D eigenvalue weighted by Gasteiger charge is 2.09. The lowest BCUT2D eigenvalue weighted by Gasteiger charge is -2.03. The Morgan fingerprint density at radius 2 is 2.29 bits per heavy atom. The van der Waals surface area contributed by atoms with Gasteiger partial charge in [-0.25, -0.2) is 0 Å². The Kier molecular flexibility index (Phi) is 3.39. The largest absolute Gasteiger partial charge is 0.481 e. The van der Waals surface area contributed by atoms with E-state index in [2.05, 4.69) is 12.6 Å². The number of hydrogen-bond donors (Lipinski definition) is 2. The predicted octanol–water partition coefficient (Wildman–Crippen LogP) is 2.13. The van der Waals surface area contributed by atoms with Gasteiger partial charge in [-0.1, -0.05) is 11.6 Å². The number of carboxylic acids is 1. The number of carboxylic acid groups (broad SMARTS) is 1. The summed E-state index contributed by atoms with van der Waals surface area (Å²) in [5.41, 5.74) is 0.699. The van der Waals surface area contributed by atoms with Gasteiger partial charge in [-0.05, 0) is 17.7 Å². The van der Waals surface area contributed by atoms with Crippen molar-refractivity contribution in [3.05, 3.63) is 28.3 Å². The van der Waals surface area contributed by atoms with Crippen LogP contribution in [0.3, 0.4) is 0 Å². The molecule has 1 aromatic carbocycles. The van der Waals surface area contributed by atoms with Crippen LogP contribution in [0.4, 0.5) is 0 Å². The summed E-state index contributed by atoms with van der Waals surface area (Å²) in [4.78, 5) is 10.9. The zero-order valence-electron chi connectivity index (χ0n) is 6.99. The van der Waals surface area contributed by atoms with Crippen molar-refractivity contribution in [2.45, 2.75) is 11.3 Å². The molecule has 0 aliphatic carbocycles. The number of halogens is 1. The van der Waals surface area contributed by atoms with Crippen LogP contribution in [-0.2, 0) is 11.2 Å². The van der Waals surface area contributed by atoms with E-state index in [9.17, 15) is 4.79 Å². The number of benzene rings is 1. The SMILES string of the molecule is N#Cc1cc(Cl)c(S)cc1CC(=O)O. The third-order valence-corrected chi connectivity index (χ3v) is 2.45. The summed E-state index contributed by atoms with van der Waals surface area (Å²) in [7, 11) is 0. The van der Waals surface area contributed by atoms with Crippen LogP contribution in [0, 0.1) is 11.3 Å². The smallest absolute Gasteiger partial charge is 0.307 e. The van der Waals surface area contributed by atoms with Crippen molar-refractivity contribution in [2.24, 2.45) is 0 Å². The van der Waals surface area contributed by atoms with Crippen molar-refractivity contribution in [2.75, 3.05) is 0 Å². The highest BCUT2D eigenvalue weighted by Crippen LogP contribution is 2.24. The average Bonchev–Trinajstić information content (AvgIpc) is 2.10. The van der Waals surface area contributed by atoms with Crippen molar-refractivity contribution >= 4 is 30.2 Å². The molecular formula is C9H6ClNO2S. The van der Waals surface area contributed by atoms with Gasteiger partial charge >= 0.3 is 5.97 Å². The molecule has 0 radical (unpaired) electrons. The van der Waals surface area contributed by atoms with Gasteiger partial charge in [0, 0.05) is 4.90 Å². The monoisotopic (exact) mass is 227 g/mol. The van der Waals surface area contributed by atoms with Crippen molar-refractivity contribution in [1.82, 2.24) is 0 Å². The number of aliphatic carboxylic acids is 1. The van der Waals surface area contributed by atoms with E-state index < -0.39 is 5.97 Å². The minimum atomic E-state index is -0.989. The van der Waals surface area contributed by atoms with E-state index in [-0.39, 0.29) is 12.0 Å². The first-order valence-corrected chi connectivity index (χ1v) is 4.50. The first kappa shape index (κ1) is 10.9. The first-order valence-electron chi connectivity index (χ1n) is 3.68. The average molecular weight is 228 g/mol. The van der Waals surface area contributed by atoms with Gasteiger partial charge in [-0.15, -0.1) is 12.6 Å². The molecule has 0 aliphatic heterocycles. The molecule has 5 heteroatoms. The Balaban J connectivity index is 3.22. The van der Waals surface area contributed by atoms with Gasteiger partial charge in [0.05, 0.1) is 23.1 Å². The van der Waals surface area contributed by atoms with Crippen molar-refractivity contribution in [3.8, 4) is 6.07 Å². The van der Waals surface area contributed by atoms with Crippen LogP contribution in [0.1, 0.15) is 11.1 Å². The topological polar surface area (TPSA) is 61.1 Å². The van der Waals surface area contributed by atoms with Gasteiger partial charge < -0.3 is 5.11 Å².